The Bertz CT molecular complexity index is 979. The van der Waals surface area contributed by atoms with Gasteiger partial charge in [0.05, 0.1) is 12.2 Å². The molecule has 2 aromatic rings. The molecule has 4 rings (SSSR count). The Balaban J connectivity index is 1.62. The Morgan fingerprint density at radius 2 is 2.19 bits per heavy atom. The monoisotopic (exact) mass is 368 g/mol. The maximum Gasteiger partial charge on any atom is 0.349 e. The van der Waals surface area contributed by atoms with Crippen molar-refractivity contribution in [1.29, 1.82) is 5.26 Å². The van der Waals surface area contributed by atoms with Crippen molar-refractivity contribution in [3.63, 3.8) is 0 Å². The summed E-state index contributed by atoms with van der Waals surface area (Å²) in [6, 6.07) is 5.44. The summed E-state index contributed by atoms with van der Waals surface area (Å²) < 4.78 is 12.7. The van der Waals surface area contributed by atoms with Gasteiger partial charge in [0.25, 0.3) is 5.91 Å². The van der Waals surface area contributed by atoms with Crippen molar-refractivity contribution >= 4 is 5.91 Å². The van der Waals surface area contributed by atoms with Crippen LogP contribution in [0.4, 0.5) is 0 Å². The third-order valence-corrected chi connectivity index (χ3v) is 5.04. The minimum absolute atomic E-state index is 0.0604. The molecule has 140 valence electrons. The van der Waals surface area contributed by atoms with Crippen LogP contribution in [0.5, 0.6) is 0 Å². The molecule has 0 bridgehead atoms. The highest BCUT2D eigenvalue weighted by Gasteiger charge is 2.28. The summed E-state index contributed by atoms with van der Waals surface area (Å²) in [6.45, 7) is 3.85. The molecule has 2 aliphatic rings. The van der Waals surface area contributed by atoms with Crippen LogP contribution in [0.25, 0.3) is 0 Å². The summed E-state index contributed by atoms with van der Waals surface area (Å²) in [5.74, 6) is 0.132. The number of carbonyl (C=O) groups excluding carboxylic acids is 1. The van der Waals surface area contributed by atoms with Crippen LogP contribution in [0.15, 0.2) is 21.3 Å². The van der Waals surface area contributed by atoms with E-state index in [9.17, 15) is 9.59 Å². The Hall–Kier alpha value is -2.92. The van der Waals surface area contributed by atoms with Crippen LogP contribution in [-0.4, -0.2) is 33.7 Å². The van der Waals surface area contributed by atoms with Gasteiger partial charge in [0.1, 0.15) is 23.5 Å². The normalized spacial score (nSPS) is 19.4. The molecule has 1 amide bonds. The number of rotatable bonds is 2. The Morgan fingerprint density at radius 1 is 1.33 bits per heavy atom. The predicted molar refractivity (Wildman–Crippen MR) is 93.9 cm³/mol. The van der Waals surface area contributed by atoms with Crippen molar-refractivity contribution in [3.8, 4) is 6.07 Å². The summed E-state index contributed by atoms with van der Waals surface area (Å²) in [5, 5.41) is 13.2. The first-order valence-electron chi connectivity index (χ1n) is 9.09. The third-order valence-electron chi connectivity index (χ3n) is 5.04. The number of aromatic nitrogens is 2. The molecule has 8 heteroatoms. The molecule has 2 aliphatic heterocycles. The van der Waals surface area contributed by atoms with Crippen LogP contribution in [0.2, 0.25) is 0 Å². The fourth-order valence-electron chi connectivity index (χ4n) is 3.70. The van der Waals surface area contributed by atoms with E-state index in [0.717, 1.165) is 18.5 Å². The second kappa shape index (κ2) is 7.00. The van der Waals surface area contributed by atoms with Gasteiger partial charge in [-0.2, -0.15) is 10.4 Å². The molecular formula is C19H20N4O4. The number of aryl methyl sites for hydroxylation is 2. The van der Waals surface area contributed by atoms with Crippen molar-refractivity contribution in [2.45, 2.75) is 45.4 Å². The average Bonchev–Trinajstić information content (AvgIpc) is 3.27. The van der Waals surface area contributed by atoms with Crippen LogP contribution >= 0.6 is 0 Å². The van der Waals surface area contributed by atoms with Crippen molar-refractivity contribution in [3.05, 3.63) is 50.8 Å². The number of carbonyl (C=O) groups is 1. The number of amides is 1. The summed E-state index contributed by atoms with van der Waals surface area (Å²) in [4.78, 5) is 27.2. The lowest BCUT2D eigenvalue weighted by molar-refractivity contribution is 0.0730. The highest BCUT2D eigenvalue weighted by atomic mass is 16.5. The lowest BCUT2D eigenvalue weighted by atomic mass is 10.1. The first kappa shape index (κ1) is 17.5. The van der Waals surface area contributed by atoms with Gasteiger partial charge in [-0.05, 0) is 43.9 Å². The lowest BCUT2D eigenvalue weighted by Gasteiger charge is -2.20. The van der Waals surface area contributed by atoms with Gasteiger partial charge in [-0.15, -0.1) is 0 Å². The number of ether oxygens (including phenoxy) is 1. The maximum absolute atomic E-state index is 13.1. The molecule has 0 saturated carbocycles. The predicted octanol–water partition coefficient (Wildman–Crippen LogP) is 1.91. The molecule has 0 N–H and O–H groups in total. The van der Waals surface area contributed by atoms with Crippen LogP contribution in [0, 0.1) is 18.3 Å². The van der Waals surface area contributed by atoms with E-state index in [1.54, 1.807) is 28.6 Å². The Kier molecular flexibility index (Phi) is 4.54. The molecule has 0 spiro atoms. The van der Waals surface area contributed by atoms with E-state index in [4.69, 9.17) is 14.4 Å². The van der Waals surface area contributed by atoms with Crippen molar-refractivity contribution in [1.82, 2.24) is 14.7 Å². The van der Waals surface area contributed by atoms with E-state index in [2.05, 4.69) is 5.10 Å². The number of hydrogen-bond acceptors (Lipinski definition) is 6. The van der Waals surface area contributed by atoms with Gasteiger partial charge in [-0.25, -0.2) is 4.79 Å². The second-order valence-corrected chi connectivity index (χ2v) is 6.93. The van der Waals surface area contributed by atoms with Gasteiger partial charge in [0.2, 0.25) is 0 Å². The highest BCUT2D eigenvalue weighted by molar-refractivity contribution is 5.95. The van der Waals surface area contributed by atoms with Crippen LogP contribution < -0.4 is 5.63 Å². The molecule has 1 unspecified atom stereocenters. The van der Waals surface area contributed by atoms with E-state index < -0.39 is 5.63 Å². The van der Waals surface area contributed by atoms with Crippen molar-refractivity contribution in [2.75, 3.05) is 13.2 Å². The Morgan fingerprint density at radius 3 is 2.89 bits per heavy atom. The van der Waals surface area contributed by atoms with Crippen LogP contribution in [0.3, 0.4) is 0 Å². The maximum atomic E-state index is 13.1. The van der Waals surface area contributed by atoms with Crippen LogP contribution in [-0.2, 0) is 17.8 Å². The van der Waals surface area contributed by atoms with Gasteiger partial charge in [-0.3, -0.25) is 9.48 Å². The fraction of sp³-hybridized carbons (Fsp3) is 0.474. The van der Waals surface area contributed by atoms with Gasteiger partial charge < -0.3 is 14.1 Å². The van der Waals surface area contributed by atoms with Gasteiger partial charge >= 0.3 is 5.63 Å². The minimum atomic E-state index is -0.624. The number of nitrogens with zero attached hydrogens (tertiary/aromatic N) is 4. The summed E-state index contributed by atoms with van der Waals surface area (Å²) in [5.41, 5.74) is 1.15. The zero-order valence-corrected chi connectivity index (χ0v) is 15.1. The van der Waals surface area contributed by atoms with Gasteiger partial charge in [-0.1, -0.05) is 0 Å². The molecular weight excluding hydrogens is 348 g/mol. The SMILES string of the molecule is Cc1cc(C2CCCO2)oc(=O)c1C(=O)N1CCCn2nc(C#N)cc2C1. The molecule has 1 saturated heterocycles. The first-order valence-corrected chi connectivity index (χ1v) is 9.09. The third kappa shape index (κ3) is 3.26. The van der Waals surface area contributed by atoms with Gasteiger partial charge in [0.15, 0.2) is 5.69 Å². The topological polar surface area (TPSA) is 101 Å². The summed E-state index contributed by atoms with van der Waals surface area (Å²) >= 11 is 0. The number of fused-ring (bicyclic) bond motifs is 1. The van der Waals surface area contributed by atoms with E-state index in [1.165, 1.54) is 0 Å². The molecule has 0 aromatic carbocycles. The van der Waals surface area contributed by atoms with E-state index in [-0.39, 0.29) is 17.6 Å². The molecule has 2 aromatic heterocycles. The second-order valence-electron chi connectivity index (χ2n) is 6.93. The van der Waals surface area contributed by atoms with E-state index in [1.807, 2.05) is 6.07 Å². The van der Waals surface area contributed by atoms with Gasteiger partial charge in [0, 0.05) is 19.7 Å². The zero-order chi connectivity index (χ0) is 19.0. The molecule has 1 fully saturated rings. The summed E-state index contributed by atoms with van der Waals surface area (Å²) in [7, 11) is 0. The highest BCUT2D eigenvalue weighted by Crippen LogP contribution is 2.28. The minimum Gasteiger partial charge on any atom is -0.424 e. The van der Waals surface area contributed by atoms with Crippen molar-refractivity contribution in [2.24, 2.45) is 0 Å². The lowest BCUT2D eigenvalue weighted by Crippen LogP contribution is -2.34. The van der Waals surface area contributed by atoms with E-state index >= 15 is 0 Å². The standard InChI is InChI=1S/C19H20N4O4/c1-12-8-16(15-4-2-7-26-15)27-19(25)17(12)18(24)22-5-3-6-23-14(11-22)9-13(10-20)21-23/h8-9,15H,2-7,11H2,1H3. The molecule has 27 heavy (non-hydrogen) atoms. The molecule has 0 radical (unpaired) electrons. The first-order chi connectivity index (χ1) is 13.1. The average molecular weight is 368 g/mol. The molecule has 0 aliphatic carbocycles. The number of nitriles is 1. The van der Waals surface area contributed by atoms with Crippen LogP contribution in [0.1, 0.15) is 58.4 Å². The molecule has 1 atom stereocenters. The summed E-state index contributed by atoms with van der Waals surface area (Å²) in [6.07, 6.45) is 2.23. The molecule has 4 heterocycles. The number of hydrogen-bond donors (Lipinski definition) is 0. The van der Waals surface area contributed by atoms with Crippen molar-refractivity contribution < 1.29 is 13.9 Å². The Labute approximate surface area is 155 Å². The largest absolute Gasteiger partial charge is 0.424 e. The van der Waals surface area contributed by atoms with E-state index in [0.29, 0.717) is 49.7 Å². The molecule has 8 nitrogen and oxygen atoms in total. The fourth-order valence-corrected chi connectivity index (χ4v) is 3.70. The smallest absolute Gasteiger partial charge is 0.349 e. The quantitative estimate of drug-likeness (QED) is 0.802. The zero-order valence-electron chi connectivity index (χ0n) is 15.1.